The first-order valence-corrected chi connectivity index (χ1v) is 20.3. The van der Waals surface area contributed by atoms with Gasteiger partial charge < -0.3 is 56.7 Å². The Morgan fingerprint density at radius 3 is 2.38 bits per heavy atom. The smallest absolute Gasteiger partial charge is 0.260 e. The number of carbonyl (C=O) groups excluding carboxylic acids is 7. The second kappa shape index (κ2) is 21.0. The molecule has 1 saturated heterocycles. The van der Waals surface area contributed by atoms with Crippen LogP contribution >= 0.6 is 0 Å². The van der Waals surface area contributed by atoms with Crippen LogP contribution in [0.15, 0.2) is 77.8 Å². The summed E-state index contributed by atoms with van der Waals surface area (Å²) in [6.45, 7) is 1.57. The molecule has 6 rings (SSSR count). The summed E-state index contributed by atoms with van der Waals surface area (Å²) in [4.78, 5) is 94.7. The van der Waals surface area contributed by atoms with Crippen molar-refractivity contribution in [1.82, 2.24) is 26.2 Å². The highest BCUT2D eigenvalue weighted by Gasteiger charge is 2.47. The number of nitrogens with one attached hydrogen (secondary N) is 5. The molecule has 5 unspecified atom stereocenters. The van der Waals surface area contributed by atoms with E-state index in [9.17, 15) is 43.8 Å². The molecule has 20 nitrogen and oxygen atoms in total. The third-order valence-corrected chi connectivity index (χ3v) is 10.5. The third kappa shape index (κ3) is 11.7. The first kappa shape index (κ1) is 45.9. The normalized spacial score (nSPS) is 20.8. The number of nitrogens with zero attached hydrogens (tertiary/aromatic N) is 2. The number of aliphatic imine (C=N–C) groups is 1. The van der Waals surface area contributed by atoms with E-state index in [0.29, 0.717) is 29.3 Å². The van der Waals surface area contributed by atoms with Crippen LogP contribution in [-0.2, 0) is 56.1 Å². The van der Waals surface area contributed by atoms with Crippen LogP contribution in [0, 0.1) is 0 Å². The number of anilines is 1. The van der Waals surface area contributed by atoms with Gasteiger partial charge in [0.15, 0.2) is 6.29 Å². The van der Waals surface area contributed by atoms with Gasteiger partial charge in [-0.1, -0.05) is 48.5 Å². The number of amides is 7. The van der Waals surface area contributed by atoms with Gasteiger partial charge in [-0.05, 0) is 48.7 Å². The minimum atomic E-state index is -1.49. The molecular weight excluding hydrogens is 821 g/mol. The van der Waals surface area contributed by atoms with E-state index >= 15 is 0 Å². The Morgan fingerprint density at radius 1 is 0.937 bits per heavy atom. The predicted octanol–water partition coefficient (Wildman–Crippen LogP) is -0.381. The van der Waals surface area contributed by atoms with Gasteiger partial charge in [0, 0.05) is 37.6 Å². The Morgan fingerprint density at radius 2 is 1.67 bits per heavy atom. The molecule has 0 radical (unpaired) electrons. The summed E-state index contributed by atoms with van der Waals surface area (Å²) in [6.07, 6.45) is -5.63. The highest BCUT2D eigenvalue weighted by molar-refractivity contribution is 6.24. The van der Waals surface area contributed by atoms with Crippen molar-refractivity contribution in [2.75, 3.05) is 25.1 Å². The monoisotopic (exact) mass is 870 g/mol. The van der Waals surface area contributed by atoms with Crippen LogP contribution in [0.5, 0.6) is 0 Å². The van der Waals surface area contributed by atoms with Gasteiger partial charge in [0.25, 0.3) is 5.91 Å². The first-order chi connectivity index (χ1) is 30.2. The fourth-order valence-corrected chi connectivity index (χ4v) is 7.26. The van der Waals surface area contributed by atoms with E-state index < -0.39 is 85.5 Å². The van der Waals surface area contributed by atoms with Crippen molar-refractivity contribution in [3.8, 4) is 0 Å². The fraction of sp³-hybridized carbons (Fsp3) is 0.395. The van der Waals surface area contributed by atoms with Crippen LogP contribution in [0.1, 0.15) is 60.2 Å². The fourth-order valence-electron chi connectivity index (χ4n) is 7.26. The molecule has 0 saturated carbocycles. The Kier molecular flexibility index (Phi) is 15.3. The maximum absolute atomic E-state index is 13.0. The molecular formula is C43H50N8O12. The maximum Gasteiger partial charge on any atom is 0.260 e. The lowest BCUT2D eigenvalue weighted by molar-refractivity contribution is -0.279. The Balaban J connectivity index is 0.919. The summed E-state index contributed by atoms with van der Waals surface area (Å²) in [5.74, 6) is -3.48. The number of aliphatic hydroxyl groups is 2. The number of rotatable bonds is 19. The molecule has 9 N–H and O–H groups in total. The molecule has 0 aromatic heterocycles. The van der Waals surface area contributed by atoms with Crippen molar-refractivity contribution in [2.45, 2.75) is 89.0 Å². The zero-order valence-electron chi connectivity index (χ0n) is 34.6. The minimum Gasteiger partial charge on any atom is -0.394 e. The number of benzene rings is 3. The van der Waals surface area contributed by atoms with Crippen molar-refractivity contribution in [3.63, 3.8) is 0 Å². The van der Waals surface area contributed by atoms with Gasteiger partial charge >= 0.3 is 0 Å². The average Bonchev–Trinajstić information content (AvgIpc) is 3.53. The van der Waals surface area contributed by atoms with Crippen LogP contribution in [-0.4, -0.2) is 125 Å². The van der Waals surface area contributed by atoms with Crippen LogP contribution in [0.4, 0.5) is 11.4 Å². The zero-order valence-corrected chi connectivity index (χ0v) is 34.6. The largest absolute Gasteiger partial charge is 0.394 e. The van der Waals surface area contributed by atoms with Crippen LogP contribution in [0.3, 0.4) is 0 Å². The summed E-state index contributed by atoms with van der Waals surface area (Å²) in [7, 11) is 0. The van der Waals surface area contributed by atoms with E-state index in [0.717, 1.165) is 16.7 Å². The highest BCUT2D eigenvalue weighted by atomic mass is 16.7. The summed E-state index contributed by atoms with van der Waals surface area (Å²) < 4.78 is 17.3. The van der Waals surface area contributed by atoms with Crippen molar-refractivity contribution in [1.29, 1.82) is 0 Å². The molecule has 3 aromatic carbocycles. The molecule has 0 spiro atoms. The van der Waals surface area contributed by atoms with Crippen molar-refractivity contribution >= 4 is 58.6 Å². The molecule has 3 aromatic rings. The van der Waals surface area contributed by atoms with Crippen molar-refractivity contribution in [2.24, 2.45) is 10.7 Å². The lowest BCUT2D eigenvalue weighted by Gasteiger charge is -2.44. The van der Waals surface area contributed by atoms with Gasteiger partial charge in [0.05, 0.1) is 31.0 Å². The highest BCUT2D eigenvalue weighted by Crippen LogP contribution is 2.35. The number of amidine groups is 1. The number of nitrogens with two attached hydrogens (primary N) is 1. The number of aliphatic hydroxyl groups excluding tert-OH is 2. The number of fused-ring (bicyclic) bond motifs is 4. The minimum absolute atomic E-state index is 0.0268. The predicted molar refractivity (Wildman–Crippen MR) is 224 cm³/mol. The summed E-state index contributed by atoms with van der Waals surface area (Å²) in [6, 6.07) is 17.9. The van der Waals surface area contributed by atoms with Gasteiger partial charge in [-0.3, -0.25) is 38.5 Å². The molecule has 334 valence electrons. The molecule has 7 atom stereocenters. The number of primary amides is 1. The molecule has 1 fully saturated rings. The quantitative estimate of drug-likeness (QED) is 0.0766. The molecule has 0 aliphatic carbocycles. The Bertz CT molecular complexity index is 2240. The number of hydrogen-bond acceptors (Lipinski definition) is 13. The van der Waals surface area contributed by atoms with E-state index in [4.69, 9.17) is 19.9 Å². The number of carbonyl (C=O) groups is 7. The topological polar surface area (TPSA) is 289 Å². The molecule has 20 heteroatoms. The van der Waals surface area contributed by atoms with Gasteiger partial charge in [0.1, 0.15) is 48.9 Å². The molecule has 0 bridgehead atoms. The number of hydrogen-bond donors (Lipinski definition) is 8. The second-order valence-electron chi connectivity index (χ2n) is 15.2. The van der Waals surface area contributed by atoms with Gasteiger partial charge in [-0.2, -0.15) is 0 Å². The van der Waals surface area contributed by atoms with Gasteiger partial charge in [-0.15, -0.1) is 0 Å². The number of ether oxygens (including phenoxy) is 3. The Labute approximate surface area is 361 Å². The maximum atomic E-state index is 13.0. The molecule has 63 heavy (non-hydrogen) atoms. The SMILES string of the molecule is CC(=O)NC1C(OCc2ccccc2)OC(CO)C(O)C1OCC(=O)N[C@@H](C)C(=O)N[C@@H](CCC(=O)NCCC(=O)Nc1ccc2c(c1)CN1C(=O)c3ccccc3C1=N2)C(N)=O. The lowest BCUT2D eigenvalue weighted by Crippen LogP contribution is -2.65. The zero-order chi connectivity index (χ0) is 45.2. The second-order valence-corrected chi connectivity index (χ2v) is 15.2. The van der Waals surface area contributed by atoms with E-state index in [1.165, 1.54) is 13.8 Å². The lowest BCUT2D eigenvalue weighted by atomic mass is 9.96. The molecule has 7 amide bonds. The summed E-state index contributed by atoms with van der Waals surface area (Å²) in [5, 5.41) is 33.6. The summed E-state index contributed by atoms with van der Waals surface area (Å²) >= 11 is 0. The van der Waals surface area contributed by atoms with Crippen LogP contribution in [0.2, 0.25) is 0 Å². The summed E-state index contributed by atoms with van der Waals surface area (Å²) in [5.41, 5.74) is 9.58. The first-order valence-electron chi connectivity index (χ1n) is 20.3. The van der Waals surface area contributed by atoms with E-state index in [2.05, 4.69) is 31.6 Å². The van der Waals surface area contributed by atoms with Gasteiger partial charge in [-0.25, -0.2) is 4.99 Å². The van der Waals surface area contributed by atoms with E-state index in [1.807, 2.05) is 18.2 Å². The standard InChI is InChI=1S/C43H50N8O12/c1-23(46-35(56)22-61-38-36(47-24(2)53)43(63-32(20-52)37(38)57)62-21-25-8-4-3-5-9-25)41(59)50-31(39(44)58)14-15-33(54)45-17-16-34(55)48-27-12-13-30-26(18-27)19-51-40(49-30)28-10-6-7-11-29(28)42(51)60/h3-13,18,23,31-32,36-38,43,52,57H,14-17,19-22H2,1-2H3,(H2,44,58)(H,45,54)(H,46,56)(H,47,53)(H,48,55)(H,50,59)/t23-,31-,32?,36?,37?,38?,43?/m0/s1. The molecule has 3 aliphatic rings. The van der Waals surface area contributed by atoms with Gasteiger partial charge in [0.2, 0.25) is 35.4 Å². The van der Waals surface area contributed by atoms with Crippen molar-refractivity contribution in [3.05, 3.63) is 95.1 Å². The van der Waals surface area contributed by atoms with Crippen LogP contribution < -0.4 is 32.3 Å². The van der Waals surface area contributed by atoms with E-state index in [1.54, 1.807) is 59.5 Å². The van der Waals surface area contributed by atoms with Crippen LogP contribution in [0.25, 0.3) is 0 Å². The third-order valence-electron chi connectivity index (χ3n) is 10.5. The Hall–Kier alpha value is -6.58. The van der Waals surface area contributed by atoms with E-state index in [-0.39, 0.29) is 44.2 Å². The molecule has 3 aliphatic heterocycles. The van der Waals surface area contributed by atoms with Crippen molar-refractivity contribution < 1.29 is 58.0 Å². The average molecular weight is 871 g/mol. The molecule has 3 heterocycles.